The molecule has 0 bridgehead atoms. The first kappa shape index (κ1) is 11.9. The fraction of sp³-hybridized carbons (Fsp3) is 0.143. The van der Waals surface area contributed by atoms with Crippen molar-refractivity contribution in [1.82, 2.24) is 4.98 Å². The van der Waals surface area contributed by atoms with Crippen LogP contribution < -0.4 is 0 Å². The average molecular weight is 350 g/mol. The molecule has 0 saturated heterocycles. The van der Waals surface area contributed by atoms with Gasteiger partial charge in [-0.15, -0.1) is 0 Å². The van der Waals surface area contributed by atoms with E-state index < -0.39 is 11.8 Å². The number of rotatable bonds is 1. The second-order valence-corrected chi connectivity index (χ2v) is 3.98. The highest BCUT2D eigenvalue weighted by molar-refractivity contribution is 14.1. The third-order valence-electron chi connectivity index (χ3n) is 1.39. The van der Waals surface area contributed by atoms with Gasteiger partial charge in [0.1, 0.15) is 10.7 Å². The molecular formula is C7H3Cl2FINO2. The first-order valence-corrected chi connectivity index (χ1v) is 5.10. The Morgan fingerprint density at radius 3 is 2.57 bits per heavy atom. The predicted molar refractivity (Wildman–Crippen MR) is 58.3 cm³/mol. The summed E-state index contributed by atoms with van der Waals surface area (Å²) in [7, 11) is 1.17. The van der Waals surface area contributed by atoms with Crippen molar-refractivity contribution >= 4 is 51.8 Å². The quantitative estimate of drug-likeness (QED) is 0.444. The van der Waals surface area contributed by atoms with Crippen molar-refractivity contribution in [3.63, 3.8) is 0 Å². The molecule has 0 fully saturated rings. The lowest BCUT2D eigenvalue weighted by molar-refractivity contribution is 0.0598. The summed E-state index contributed by atoms with van der Waals surface area (Å²) < 4.78 is 17.6. The lowest BCUT2D eigenvalue weighted by Gasteiger charge is -2.05. The fourth-order valence-corrected chi connectivity index (χ4v) is 2.29. The number of pyridine rings is 1. The van der Waals surface area contributed by atoms with E-state index in [9.17, 15) is 9.18 Å². The van der Waals surface area contributed by atoms with Crippen molar-refractivity contribution in [1.29, 1.82) is 0 Å². The molecule has 1 aromatic heterocycles. The van der Waals surface area contributed by atoms with Gasteiger partial charge in [-0.25, -0.2) is 14.2 Å². The molecule has 0 unspecified atom stereocenters. The van der Waals surface area contributed by atoms with Crippen LogP contribution >= 0.6 is 45.8 Å². The van der Waals surface area contributed by atoms with Gasteiger partial charge in [0.2, 0.25) is 0 Å². The second-order valence-electron chi connectivity index (χ2n) is 2.19. The normalized spacial score (nSPS) is 10.1. The first-order valence-electron chi connectivity index (χ1n) is 3.27. The molecule has 0 saturated carbocycles. The van der Waals surface area contributed by atoms with E-state index in [0.29, 0.717) is 0 Å². The zero-order valence-corrected chi connectivity index (χ0v) is 10.4. The lowest BCUT2D eigenvalue weighted by Crippen LogP contribution is -2.08. The van der Waals surface area contributed by atoms with Gasteiger partial charge in [0.25, 0.3) is 0 Å². The molecule has 0 radical (unpaired) electrons. The van der Waals surface area contributed by atoms with E-state index in [4.69, 9.17) is 23.2 Å². The number of halogens is 4. The highest BCUT2D eigenvalue weighted by Gasteiger charge is 2.22. The Kier molecular flexibility index (Phi) is 3.91. The molecule has 7 heteroatoms. The summed E-state index contributed by atoms with van der Waals surface area (Å²) in [5, 5.41) is -0.542. The Morgan fingerprint density at radius 2 is 2.07 bits per heavy atom. The number of aromatic nitrogens is 1. The van der Waals surface area contributed by atoms with E-state index >= 15 is 0 Å². The zero-order chi connectivity index (χ0) is 10.9. The molecule has 1 aromatic rings. The lowest BCUT2D eigenvalue weighted by atomic mass is 10.3. The highest BCUT2D eigenvalue weighted by Crippen LogP contribution is 2.27. The smallest absolute Gasteiger partial charge is 0.342 e. The van der Waals surface area contributed by atoms with Crippen LogP contribution in [0.2, 0.25) is 10.3 Å². The van der Waals surface area contributed by atoms with Gasteiger partial charge in [-0.3, -0.25) is 0 Å². The molecule has 1 heterocycles. The number of ether oxygens (including phenoxy) is 1. The Labute approximate surface area is 103 Å². The number of nitrogens with zero attached hydrogens (tertiary/aromatic N) is 1. The van der Waals surface area contributed by atoms with E-state index in [-0.39, 0.29) is 19.4 Å². The van der Waals surface area contributed by atoms with Crippen LogP contribution in [0.25, 0.3) is 0 Å². The van der Waals surface area contributed by atoms with E-state index in [2.05, 4.69) is 9.72 Å². The summed E-state index contributed by atoms with van der Waals surface area (Å²) in [5.74, 6) is -1.53. The minimum absolute atomic E-state index is 0.000509. The van der Waals surface area contributed by atoms with Crippen LogP contribution in [0.1, 0.15) is 10.4 Å². The van der Waals surface area contributed by atoms with E-state index in [0.717, 1.165) is 0 Å². The number of methoxy groups -OCH3 is 1. The number of hydrogen-bond acceptors (Lipinski definition) is 3. The van der Waals surface area contributed by atoms with Gasteiger partial charge in [-0.2, -0.15) is 0 Å². The van der Waals surface area contributed by atoms with Crippen molar-refractivity contribution in [3.8, 4) is 0 Å². The minimum atomic E-state index is -0.780. The maximum atomic E-state index is 13.2. The molecule has 0 spiro atoms. The fourth-order valence-electron chi connectivity index (χ4n) is 0.758. The second kappa shape index (κ2) is 4.59. The highest BCUT2D eigenvalue weighted by atomic mass is 127. The SMILES string of the molecule is COC(=O)c1c(Cl)nc(Cl)c(F)c1I. The van der Waals surface area contributed by atoms with Gasteiger partial charge < -0.3 is 4.74 Å². The van der Waals surface area contributed by atoms with Crippen LogP contribution in [0.5, 0.6) is 0 Å². The molecule has 0 aliphatic heterocycles. The minimum Gasteiger partial charge on any atom is -0.465 e. The maximum Gasteiger partial charge on any atom is 0.342 e. The summed E-state index contributed by atoms with van der Waals surface area (Å²) in [6, 6.07) is 0. The molecule has 0 atom stereocenters. The number of carbonyl (C=O) groups excluding carboxylic acids is 1. The zero-order valence-electron chi connectivity index (χ0n) is 6.78. The summed E-state index contributed by atoms with van der Waals surface area (Å²) >= 11 is 12.6. The maximum absolute atomic E-state index is 13.2. The first-order chi connectivity index (χ1) is 6.49. The molecule has 0 aromatic carbocycles. The van der Waals surface area contributed by atoms with Gasteiger partial charge >= 0.3 is 5.97 Å². The van der Waals surface area contributed by atoms with Gasteiger partial charge in [0.05, 0.1) is 10.7 Å². The van der Waals surface area contributed by atoms with E-state index in [1.54, 1.807) is 22.6 Å². The summed E-state index contributed by atoms with van der Waals surface area (Å²) in [4.78, 5) is 14.6. The summed E-state index contributed by atoms with van der Waals surface area (Å²) in [6.07, 6.45) is 0. The largest absolute Gasteiger partial charge is 0.465 e. The predicted octanol–water partition coefficient (Wildman–Crippen LogP) is 2.92. The van der Waals surface area contributed by atoms with Gasteiger partial charge in [-0.1, -0.05) is 23.2 Å². The number of carbonyl (C=O) groups is 1. The van der Waals surface area contributed by atoms with Crippen LogP contribution in [0.4, 0.5) is 4.39 Å². The summed E-state index contributed by atoms with van der Waals surface area (Å²) in [6.45, 7) is 0. The molecule has 0 aliphatic rings. The van der Waals surface area contributed by atoms with Gasteiger partial charge in [0, 0.05) is 0 Å². The molecule has 14 heavy (non-hydrogen) atoms. The monoisotopic (exact) mass is 349 g/mol. The molecule has 0 N–H and O–H groups in total. The van der Waals surface area contributed by atoms with E-state index in [1.165, 1.54) is 7.11 Å². The number of hydrogen-bond donors (Lipinski definition) is 0. The molecule has 1 rings (SSSR count). The third kappa shape index (κ3) is 2.09. The molecule has 3 nitrogen and oxygen atoms in total. The Bertz CT molecular complexity index is 400. The summed E-state index contributed by atoms with van der Waals surface area (Å²) in [5.41, 5.74) is -0.114. The van der Waals surface area contributed by atoms with Crippen LogP contribution in [-0.4, -0.2) is 18.1 Å². The van der Waals surface area contributed by atoms with Crippen molar-refractivity contribution in [2.24, 2.45) is 0 Å². The van der Waals surface area contributed by atoms with Gasteiger partial charge in [-0.05, 0) is 22.6 Å². The molecule has 0 amide bonds. The van der Waals surface area contributed by atoms with Crippen LogP contribution in [0.3, 0.4) is 0 Å². The Balaban J connectivity index is 3.44. The Hall–Kier alpha value is -0.140. The van der Waals surface area contributed by atoms with Gasteiger partial charge in [0.15, 0.2) is 11.0 Å². The molecule has 0 aliphatic carbocycles. The number of esters is 1. The van der Waals surface area contributed by atoms with Crippen LogP contribution in [0, 0.1) is 9.39 Å². The van der Waals surface area contributed by atoms with Crippen molar-refractivity contribution in [3.05, 3.63) is 25.3 Å². The van der Waals surface area contributed by atoms with Crippen LogP contribution in [0.15, 0.2) is 0 Å². The molecular weight excluding hydrogens is 347 g/mol. The van der Waals surface area contributed by atoms with Crippen molar-refractivity contribution in [2.45, 2.75) is 0 Å². The Morgan fingerprint density at radius 1 is 1.50 bits per heavy atom. The van der Waals surface area contributed by atoms with Crippen molar-refractivity contribution in [2.75, 3.05) is 7.11 Å². The average Bonchev–Trinajstić information content (AvgIpc) is 2.14. The third-order valence-corrected chi connectivity index (χ3v) is 2.92. The molecule has 76 valence electrons. The van der Waals surface area contributed by atoms with Crippen molar-refractivity contribution < 1.29 is 13.9 Å². The van der Waals surface area contributed by atoms with E-state index in [1.807, 2.05) is 0 Å². The van der Waals surface area contributed by atoms with Crippen LogP contribution in [-0.2, 0) is 4.74 Å². The standard InChI is InChI=1S/C7H3Cl2FINO2/c1-14-7(13)2-4(11)3(10)6(9)12-5(2)8/h1H3. The topological polar surface area (TPSA) is 39.2 Å².